The standard InChI is InChI=1S/C16H25N5O/c1-11(2)15-13(16(22-4)20(3)19-15)9-18-12-5-6-14-17-7-8-21(14)10-12/h7-8,11-12,18H,5-6,9-10H2,1-4H3. The van der Waals surface area contributed by atoms with Gasteiger partial charge >= 0.3 is 0 Å². The van der Waals surface area contributed by atoms with Gasteiger partial charge in [0.25, 0.3) is 0 Å². The highest BCUT2D eigenvalue weighted by Gasteiger charge is 2.22. The Hall–Kier alpha value is -1.82. The van der Waals surface area contributed by atoms with E-state index in [0.717, 1.165) is 37.5 Å². The zero-order chi connectivity index (χ0) is 15.7. The van der Waals surface area contributed by atoms with Gasteiger partial charge in [-0.05, 0) is 12.3 Å². The van der Waals surface area contributed by atoms with Crippen LogP contribution in [0.3, 0.4) is 0 Å². The molecule has 0 bridgehead atoms. The Morgan fingerprint density at radius 1 is 1.45 bits per heavy atom. The van der Waals surface area contributed by atoms with Crippen molar-refractivity contribution in [3.8, 4) is 5.88 Å². The number of hydrogen-bond donors (Lipinski definition) is 1. The molecule has 1 N–H and O–H groups in total. The van der Waals surface area contributed by atoms with Crippen LogP contribution in [0.5, 0.6) is 5.88 Å². The van der Waals surface area contributed by atoms with E-state index >= 15 is 0 Å². The molecule has 2 aromatic rings. The second-order valence-corrected chi connectivity index (χ2v) is 6.26. The molecule has 6 nitrogen and oxygen atoms in total. The molecule has 1 atom stereocenters. The Morgan fingerprint density at radius 3 is 3.00 bits per heavy atom. The fourth-order valence-corrected chi connectivity index (χ4v) is 3.24. The molecular formula is C16H25N5O. The van der Waals surface area contributed by atoms with E-state index in [4.69, 9.17) is 4.74 Å². The number of fused-ring (bicyclic) bond motifs is 1. The predicted octanol–water partition coefficient (Wildman–Crippen LogP) is 1.85. The summed E-state index contributed by atoms with van der Waals surface area (Å²) in [5.41, 5.74) is 2.29. The van der Waals surface area contributed by atoms with Crippen LogP contribution in [0.15, 0.2) is 12.4 Å². The van der Waals surface area contributed by atoms with Crippen LogP contribution in [-0.2, 0) is 26.6 Å². The smallest absolute Gasteiger partial charge is 0.216 e. The lowest BCUT2D eigenvalue weighted by Crippen LogP contribution is -2.37. The minimum atomic E-state index is 0.388. The van der Waals surface area contributed by atoms with Crippen LogP contribution in [0.25, 0.3) is 0 Å². The molecule has 120 valence electrons. The lowest BCUT2D eigenvalue weighted by atomic mass is 10.0. The van der Waals surface area contributed by atoms with E-state index in [1.54, 1.807) is 7.11 Å². The highest BCUT2D eigenvalue weighted by Crippen LogP contribution is 2.27. The fraction of sp³-hybridized carbons (Fsp3) is 0.625. The van der Waals surface area contributed by atoms with E-state index in [2.05, 4.69) is 40.0 Å². The molecule has 1 aliphatic heterocycles. The number of imidazole rings is 1. The summed E-state index contributed by atoms with van der Waals surface area (Å²) in [6.07, 6.45) is 6.11. The molecule has 1 aliphatic rings. The molecule has 0 amide bonds. The molecule has 0 aliphatic carbocycles. The highest BCUT2D eigenvalue weighted by atomic mass is 16.5. The molecule has 0 saturated heterocycles. The van der Waals surface area contributed by atoms with E-state index < -0.39 is 0 Å². The molecule has 6 heteroatoms. The average molecular weight is 303 g/mol. The van der Waals surface area contributed by atoms with Crippen LogP contribution in [-0.4, -0.2) is 32.5 Å². The van der Waals surface area contributed by atoms with Gasteiger partial charge in [0.15, 0.2) is 0 Å². The van der Waals surface area contributed by atoms with Gasteiger partial charge in [0.2, 0.25) is 5.88 Å². The molecule has 0 saturated carbocycles. The molecule has 1 unspecified atom stereocenters. The zero-order valence-electron chi connectivity index (χ0n) is 13.8. The number of aromatic nitrogens is 4. The van der Waals surface area contributed by atoms with Gasteiger partial charge in [0.1, 0.15) is 5.82 Å². The van der Waals surface area contributed by atoms with Crippen LogP contribution < -0.4 is 10.1 Å². The van der Waals surface area contributed by atoms with Crippen molar-refractivity contribution in [1.82, 2.24) is 24.6 Å². The van der Waals surface area contributed by atoms with Crippen molar-refractivity contribution in [3.63, 3.8) is 0 Å². The van der Waals surface area contributed by atoms with E-state index in [1.807, 2.05) is 17.9 Å². The summed E-state index contributed by atoms with van der Waals surface area (Å²) < 4.78 is 9.61. The molecule has 0 fully saturated rings. The first-order valence-electron chi connectivity index (χ1n) is 7.93. The number of nitrogens with one attached hydrogen (secondary N) is 1. The third-order valence-electron chi connectivity index (χ3n) is 4.36. The molecule has 3 rings (SSSR count). The van der Waals surface area contributed by atoms with Gasteiger partial charge < -0.3 is 14.6 Å². The van der Waals surface area contributed by atoms with Crippen LogP contribution >= 0.6 is 0 Å². The predicted molar refractivity (Wildman–Crippen MR) is 85.0 cm³/mol. The SMILES string of the molecule is COc1c(CNC2CCc3nccn3C2)c(C(C)C)nn1C. The number of hydrogen-bond acceptors (Lipinski definition) is 4. The third kappa shape index (κ3) is 2.75. The summed E-state index contributed by atoms with van der Waals surface area (Å²) in [4.78, 5) is 4.38. The van der Waals surface area contributed by atoms with Crippen LogP contribution in [0.1, 0.15) is 43.3 Å². The van der Waals surface area contributed by atoms with Crippen molar-refractivity contribution >= 4 is 0 Å². The van der Waals surface area contributed by atoms with Gasteiger partial charge in [-0.3, -0.25) is 0 Å². The van der Waals surface area contributed by atoms with Crippen LogP contribution in [0, 0.1) is 0 Å². The van der Waals surface area contributed by atoms with Crippen LogP contribution in [0.2, 0.25) is 0 Å². The summed E-state index contributed by atoms with van der Waals surface area (Å²) in [6.45, 7) is 6.11. The second-order valence-electron chi connectivity index (χ2n) is 6.26. The topological polar surface area (TPSA) is 56.9 Å². The lowest BCUT2D eigenvalue weighted by molar-refractivity contribution is 0.356. The summed E-state index contributed by atoms with van der Waals surface area (Å²) in [7, 11) is 3.65. The van der Waals surface area contributed by atoms with Gasteiger partial charge in [0, 0.05) is 45.0 Å². The van der Waals surface area contributed by atoms with Crippen molar-refractivity contribution in [2.24, 2.45) is 7.05 Å². The largest absolute Gasteiger partial charge is 0.481 e. The molecule has 0 aromatic carbocycles. The lowest BCUT2D eigenvalue weighted by Gasteiger charge is -2.25. The third-order valence-corrected chi connectivity index (χ3v) is 4.36. The van der Waals surface area contributed by atoms with Gasteiger partial charge in [-0.1, -0.05) is 13.8 Å². The maximum atomic E-state index is 5.54. The van der Waals surface area contributed by atoms with Crippen molar-refractivity contribution in [2.45, 2.75) is 51.7 Å². The summed E-state index contributed by atoms with van der Waals surface area (Å²) >= 11 is 0. The number of nitrogens with zero attached hydrogens (tertiary/aromatic N) is 4. The van der Waals surface area contributed by atoms with Gasteiger partial charge in [-0.2, -0.15) is 5.10 Å². The fourth-order valence-electron chi connectivity index (χ4n) is 3.24. The Kier molecular flexibility index (Phi) is 4.20. The van der Waals surface area contributed by atoms with E-state index in [9.17, 15) is 0 Å². The highest BCUT2D eigenvalue weighted by molar-refractivity contribution is 5.33. The van der Waals surface area contributed by atoms with Crippen molar-refractivity contribution in [2.75, 3.05) is 7.11 Å². The number of methoxy groups -OCH3 is 1. The minimum absolute atomic E-state index is 0.388. The second kappa shape index (κ2) is 6.12. The first-order valence-corrected chi connectivity index (χ1v) is 7.93. The Morgan fingerprint density at radius 2 is 2.27 bits per heavy atom. The average Bonchev–Trinajstić information content (AvgIpc) is 3.08. The van der Waals surface area contributed by atoms with E-state index in [1.165, 1.54) is 11.4 Å². The zero-order valence-corrected chi connectivity index (χ0v) is 13.8. The van der Waals surface area contributed by atoms with Crippen LogP contribution in [0.4, 0.5) is 0 Å². The maximum Gasteiger partial charge on any atom is 0.216 e. The molecule has 22 heavy (non-hydrogen) atoms. The molecule has 2 aromatic heterocycles. The quantitative estimate of drug-likeness (QED) is 0.916. The molecule has 0 radical (unpaired) electrons. The Bertz CT molecular complexity index is 643. The van der Waals surface area contributed by atoms with Gasteiger partial charge in [-0.25, -0.2) is 9.67 Å². The first-order chi connectivity index (χ1) is 10.6. The van der Waals surface area contributed by atoms with Crippen molar-refractivity contribution in [1.29, 1.82) is 0 Å². The summed E-state index contributed by atoms with van der Waals surface area (Å²) in [5.74, 6) is 2.44. The van der Waals surface area contributed by atoms with E-state index in [0.29, 0.717) is 12.0 Å². The summed E-state index contributed by atoms with van der Waals surface area (Å²) in [5, 5.41) is 8.28. The Labute approximate surface area is 131 Å². The molecule has 3 heterocycles. The van der Waals surface area contributed by atoms with E-state index in [-0.39, 0.29) is 0 Å². The first kappa shape index (κ1) is 15.1. The van der Waals surface area contributed by atoms with Gasteiger partial charge in [0.05, 0.1) is 18.4 Å². The summed E-state index contributed by atoms with van der Waals surface area (Å²) in [6, 6.07) is 0.464. The minimum Gasteiger partial charge on any atom is -0.481 e. The van der Waals surface area contributed by atoms with Crippen molar-refractivity contribution < 1.29 is 4.74 Å². The maximum absolute atomic E-state index is 5.54. The van der Waals surface area contributed by atoms with Crippen molar-refractivity contribution in [3.05, 3.63) is 29.5 Å². The monoisotopic (exact) mass is 303 g/mol. The Balaban J connectivity index is 1.72. The number of ether oxygens (including phenoxy) is 1. The number of aryl methyl sites for hydroxylation is 2. The molecule has 0 spiro atoms. The molecular weight excluding hydrogens is 278 g/mol. The number of rotatable bonds is 5. The normalized spacial score (nSPS) is 17.8. The van der Waals surface area contributed by atoms with Gasteiger partial charge in [-0.15, -0.1) is 0 Å².